The number of hydrogen-bond acceptors (Lipinski definition) is 5. The summed E-state index contributed by atoms with van der Waals surface area (Å²) in [5, 5.41) is 3.01. The van der Waals surface area contributed by atoms with Crippen molar-refractivity contribution in [2.45, 2.75) is 38.8 Å². The number of ketones is 1. The summed E-state index contributed by atoms with van der Waals surface area (Å²) in [5.41, 5.74) is 7.95. The van der Waals surface area contributed by atoms with Gasteiger partial charge in [0.05, 0.1) is 12.5 Å². The predicted octanol–water partition coefficient (Wildman–Crippen LogP) is 3.16. The Balaban J connectivity index is 1.66. The molecule has 3 N–H and O–H groups in total. The van der Waals surface area contributed by atoms with Crippen molar-refractivity contribution in [2.75, 3.05) is 11.4 Å². The smallest absolute Gasteiger partial charge is 0.312 e. The number of urea groups is 1. The van der Waals surface area contributed by atoms with Gasteiger partial charge in [0.15, 0.2) is 6.10 Å². The summed E-state index contributed by atoms with van der Waals surface area (Å²) in [5.74, 6) is -1.07. The minimum atomic E-state index is -1.02. The molecule has 2 unspecified atom stereocenters. The van der Waals surface area contributed by atoms with Gasteiger partial charge in [-0.25, -0.2) is 4.79 Å². The number of primary amides is 1. The normalized spacial score (nSPS) is 14.3. The largest absolute Gasteiger partial charge is 0.454 e. The lowest BCUT2D eigenvalue weighted by Crippen LogP contribution is -2.35. The van der Waals surface area contributed by atoms with E-state index in [2.05, 4.69) is 5.32 Å². The monoisotopic (exact) mass is 457 g/mol. The summed E-state index contributed by atoms with van der Waals surface area (Å²) in [6, 6.07) is 10.2. The second kappa shape index (κ2) is 9.82. The highest BCUT2D eigenvalue weighted by atomic mass is 35.5. The molecule has 168 valence electrons. The quantitative estimate of drug-likeness (QED) is 0.489. The first kappa shape index (κ1) is 23.3. The number of amides is 3. The molecule has 9 heteroatoms. The molecule has 3 amide bonds. The molecule has 1 aliphatic heterocycles. The van der Waals surface area contributed by atoms with Gasteiger partial charge < -0.3 is 20.7 Å². The number of fused-ring (bicyclic) bond motifs is 1. The van der Waals surface area contributed by atoms with Crippen LogP contribution in [0, 0.1) is 0 Å². The topological polar surface area (TPSA) is 119 Å². The minimum absolute atomic E-state index is 0.0510. The SMILES string of the molecule is CC(=O)N1CCc2cc(C(=O)C(C)OC(=O)CC(NC(N)=O)c3ccc(Cl)cc3)ccc21. The molecule has 8 nitrogen and oxygen atoms in total. The molecule has 0 saturated heterocycles. The number of carbonyl (C=O) groups is 4. The van der Waals surface area contributed by atoms with Crippen molar-refractivity contribution in [2.24, 2.45) is 5.73 Å². The van der Waals surface area contributed by atoms with E-state index in [0.717, 1.165) is 11.3 Å². The van der Waals surface area contributed by atoms with Crippen LogP contribution in [0.5, 0.6) is 0 Å². The Morgan fingerprint density at radius 1 is 1.16 bits per heavy atom. The molecule has 32 heavy (non-hydrogen) atoms. The molecule has 3 rings (SSSR count). The van der Waals surface area contributed by atoms with Crippen LogP contribution in [0.1, 0.15) is 47.8 Å². The van der Waals surface area contributed by atoms with E-state index >= 15 is 0 Å². The van der Waals surface area contributed by atoms with Crippen LogP contribution in [0.4, 0.5) is 10.5 Å². The van der Waals surface area contributed by atoms with Gasteiger partial charge in [-0.2, -0.15) is 0 Å². The Bertz CT molecular complexity index is 1050. The molecule has 1 heterocycles. The van der Waals surface area contributed by atoms with E-state index in [1.54, 1.807) is 47.4 Å². The highest BCUT2D eigenvalue weighted by Crippen LogP contribution is 2.29. The number of Topliss-reactive ketones (excluding diaryl/α,β-unsaturated/α-hetero) is 1. The van der Waals surface area contributed by atoms with E-state index in [1.807, 2.05) is 0 Å². The fraction of sp³-hybridized carbons (Fsp3) is 0.304. The molecule has 0 spiro atoms. The molecule has 2 aromatic carbocycles. The highest BCUT2D eigenvalue weighted by Gasteiger charge is 2.26. The number of halogens is 1. The fourth-order valence-electron chi connectivity index (χ4n) is 3.70. The average Bonchev–Trinajstić information content (AvgIpc) is 3.16. The van der Waals surface area contributed by atoms with Crippen molar-refractivity contribution in [1.29, 1.82) is 0 Å². The Morgan fingerprint density at radius 2 is 1.84 bits per heavy atom. The Labute approximate surface area is 190 Å². The number of nitrogens with two attached hydrogens (primary N) is 1. The number of anilines is 1. The van der Waals surface area contributed by atoms with E-state index < -0.39 is 24.1 Å². The third-order valence-corrected chi connectivity index (χ3v) is 5.53. The highest BCUT2D eigenvalue weighted by molar-refractivity contribution is 6.30. The van der Waals surface area contributed by atoms with Crippen molar-refractivity contribution >= 4 is 41.0 Å². The van der Waals surface area contributed by atoms with Crippen molar-refractivity contribution in [3.8, 4) is 0 Å². The molecular weight excluding hydrogens is 434 g/mol. The van der Waals surface area contributed by atoms with Crippen LogP contribution in [0.3, 0.4) is 0 Å². The van der Waals surface area contributed by atoms with E-state index in [9.17, 15) is 19.2 Å². The summed E-state index contributed by atoms with van der Waals surface area (Å²) in [6.45, 7) is 3.57. The van der Waals surface area contributed by atoms with Crippen LogP contribution in [0.25, 0.3) is 0 Å². The minimum Gasteiger partial charge on any atom is -0.454 e. The second-order valence-electron chi connectivity index (χ2n) is 7.58. The van der Waals surface area contributed by atoms with Crippen LogP contribution < -0.4 is 16.0 Å². The average molecular weight is 458 g/mol. The van der Waals surface area contributed by atoms with Gasteiger partial charge in [-0.1, -0.05) is 23.7 Å². The Hall–Kier alpha value is -3.39. The van der Waals surface area contributed by atoms with Crippen molar-refractivity contribution in [1.82, 2.24) is 5.32 Å². The van der Waals surface area contributed by atoms with Crippen LogP contribution in [-0.2, 0) is 20.7 Å². The third kappa shape index (κ3) is 5.45. The van der Waals surface area contributed by atoms with Gasteiger partial charge in [0, 0.05) is 29.7 Å². The number of hydrogen-bond donors (Lipinski definition) is 2. The van der Waals surface area contributed by atoms with E-state index in [1.165, 1.54) is 13.8 Å². The number of carbonyl (C=O) groups excluding carboxylic acids is 4. The van der Waals surface area contributed by atoms with Gasteiger partial charge in [0.1, 0.15) is 0 Å². The first-order valence-corrected chi connectivity index (χ1v) is 10.5. The number of nitrogens with zero attached hydrogens (tertiary/aromatic N) is 1. The molecule has 1 aliphatic rings. The molecule has 0 radical (unpaired) electrons. The number of benzene rings is 2. The van der Waals surface area contributed by atoms with Crippen molar-refractivity contribution in [3.63, 3.8) is 0 Å². The molecule has 0 aliphatic carbocycles. The lowest BCUT2D eigenvalue weighted by Gasteiger charge is -2.19. The molecular formula is C23H24ClN3O5. The van der Waals surface area contributed by atoms with Gasteiger partial charge in [-0.15, -0.1) is 0 Å². The standard InChI is InChI=1S/C23H24ClN3O5/c1-13(22(30)17-5-8-20-16(11-17)9-10-27(20)14(2)28)32-21(29)12-19(26-23(25)31)15-3-6-18(24)7-4-15/h3-8,11,13,19H,9-10,12H2,1-2H3,(H3,25,26,31). The molecule has 0 saturated carbocycles. The van der Waals surface area contributed by atoms with Gasteiger partial charge >= 0.3 is 12.0 Å². The maximum absolute atomic E-state index is 12.8. The van der Waals surface area contributed by atoms with E-state index in [-0.39, 0.29) is 18.1 Å². The zero-order valence-corrected chi connectivity index (χ0v) is 18.5. The summed E-state index contributed by atoms with van der Waals surface area (Å²) in [4.78, 5) is 50.0. The van der Waals surface area contributed by atoms with E-state index in [4.69, 9.17) is 22.1 Å². The van der Waals surface area contributed by atoms with Crippen LogP contribution in [0.2, 0.25) is 5.02 Å². The Kier molecular flexibility index (Phi) is 7.15. The lowest BCUT2D eigenvalue weighted by molar-refractivity contribution is -0.146. The fourth-order valence-corrected chi connectivity index (χ4v) is 3.83. The number of esters is 1. The van der Waals surface area contributed by atoms with Crippen molar-refractivity contribution < 1.29 is 23.9 Å². The maximum Gasteiger partial charge on any atom is 0.312 e. The van der Waals surface area contributed by atoms with Crippen LogP contribution in [0.15, 0.2) is 42.5 Å². The van der Waals surface area contributed by atoms with Gasteiger partial charge in [0.2, 0.25) is 11.7 Å². The lowest BCUT2D eigenvalue weighted by atomic mass is 10.0. The molecule has 0 fully saturated rings. The summed E-state index contributed by atoms with van der Waals surface area (Å²) < 4.78 is 5.33. The van der Waals surface area contributed by atoms with Crippen LogP contribution in [-0.4, -0.2) is 36.3 Å². The van der Waals surface area contributed by atoms with Gasteiger partial charge in [0.25, 0.3) is 0 Å². The molecule has 2 aromatic rings. The van der Waals surface area contributed by atoms with Crippen molar-refractivity contribution in [3.05, 3.63) is 64.2 Å². The first-order chi connectivity index (χ1) is 15.2. The number of ether oxygens (including phenoxy) is 1. The second-order valence-corrected chi connectivity index (χ2v) is 8.01. The summed E-state index contributed by atoms with van der Waals surface area (Å²) in [6.07, 6.45) is -0.573. The predicted molar refractivity (Wildman–Crippen MR) is 120 cm³/mol. The number of nitrogens with one attached hydrogen (secondary N) is 1. The summed E-state index contributed by atoms with van der Waals surface area (Å²) >= 11 is 5.89. The molecule has 2 atom stereocenters. The molecule has 0 bridgehead atoms. The first-order valence-electron chi connectivity index (χ1n) is 10.1. The molecule has 0 aromatic heterocycles. The van der Waals surface area contributed by atoms with Crippen LogP contribution >= 0.6 is 11.6 Å². The maximum atomic E-state index is 12.8. The van der Waals surface area contributed by atoms with Gasteiger partial charge in [-0.05, 0) is 54.8 Å². The summed E-state index contributed by atoms with van der Waals surface area (Å²) in [7, 11) is 0. The third-order valence-electron chi connectivity index (χ3n) is 5.28. The van der Waals surface area contributed by atoms with Gasteiger partial charge in [-0.3, -0.25) is 14.4 Å². The number of rotatable bonds is 7. The Morgan fingerprint density at radius 3 is 2.47 bits per heavy atom. The zero-order valence-electron chi connectivity index (χ0n) is 17.8. The zero-order chi connectivity index (χ0) is 23.4. The van der Waals surface area contributed by atoms with E-state index in [0.29, 0.717) is 29.1 Å².